The van der Waals surface area contributed by atoms with Gasteiger partial charge in [0.15, 0.2) is 0 Å². The molecule has 3 nitrogen and oxygen atoms in total. The maximum absolute atomic E-state index is 11.0. The van der Waals surface area contributed by atoms with Crippen LogP contribution in [0.15, 0.2) is 30.3 Å². The fourth-order valence-corrected chi connectivity index (χ4v) is 1.06. The Balaban J connectivity index is 2.40. The molecule has 1 N–H and O–H groups in total. The van der Waals surface area contributed by atoms with E-state index in [1.165, 1.54) is 7.05 Å². The topological polar surface area (TPSA) is 40.5 Å². The zero-order chi connectivity index (χ0) is 9.68. The minimum absolute atomic E-state index is 0.260. The molecule has 0 aromatic heterocycles. The van der Waals surface area contributed by atoms with Crippen LogP contribution in [0.5, 0.6) is 0 Å². The molecule has 0 aliphatic heterocycles. The molecule has 0 radical (unpaired) electrons. The van der Waals surface area contributed by atoms with E-state index in [4.69, 9.17) is 5.21 Å². The Morgan fingerprint density at radius 3 is 2.54 bits per heavy atom. The fourth-order valence-electron chi connectivity index (χ4n) is 1.06. The van der Waals surface area contributed by atoms with Crippen molar-refractivity contribution in [1.29, 1.82) is 0 Å². The normalized spacial score (nSPS) is 9.69. The standard InChI is InChI=1S/C10H13NO2/c1-11(13)10(12)8-7-9-5-3-2-4-6-9/h2-6,13H,7-8H2,1H3. The zero-order valence-electron chi connectivity index (χ0n) is 7.60. The molecule has 0 spiro atoms. The van der Waals surface area contributed by atoms with Gasteiger partial charge in [0, 0.05) is 13.5 Å². The molecule has 70 valence electrons. The second-order valence-corrected chi connectivity index (χ2v) is 2.90. The highest BCUT2D eigenvalue weighted by atomic mass is 16.5. The summed E-state index contributed by atoms with van der Waals surface area (Å²) in [4.78, 5) is 11.0. The number of aryl methyl sites for hydroxylation is 1. The van der Waals surface area contributed by atoms with Crippen LogP contribution in [0.4, 0.5) is 0 Å². The van der Waals surface area contributed by atoms with Crippen LogP contribution in [0.2, 0.25) is 0 Å². The third-order valence-corrected chi connectivity index (χ3v) is 1.83. The van der Waals surface area contributed by atoms with Gasteiger partial charge in [-0.2, -0.15) is 0 Å². The van der Waals surface area contributed by atoms with Gasteiger partial charge in [0.2, 0.25) is 5.91 Å². The summed E-state index contributed by atoms with van der Waals surface area (Å²) in [6.45, 7) is 0. The Labute approximate surface area is 77.6 Å². The average molecular weight is 179 g/mol. The number of nitrogens with zero attached hydrogens (tertiary/aromatic N) is 1. The number of carbonyl (C=O) groups is 1. The second-order valence-electron chi connectivity index (χ2n) is 2.90. The quantitative estimate of drug-likeness (QED) is 0.563. The van der Waals surface area contributed by atoms with Crippen molar-refractivity contribution in [2.24, 2.45) is 0 Å². The number of hydroxylamine groups is 2. The molecule has 1 aromatic carbocycles. The monoisotopic (exact) mass is 179 g/mol. The Morgan fingerprint density at radius 2 is 2.00 bits per heavy atom. The molecule has 1 aromatic rings. The summed E-state index contributed by atoms with van der Waals surface area (Å²) in [5.41, 5.74) is 1.11. The minimum Gasteiger partial charge on any atom is -0.286 e. The first-order valence-electron chi connectivity index (χ1n) is 4.19. The molecular formula is C10H13NO2. The summed E-state index contributed by atoms with van der Waals surface area (Å²) in [5, 5.41) is 9.41. The molecule has 3 heteroatoms. The van der Waals surface area contributed by atoms with Gasteiger partial charge in [-0.3, -0.25) is 10.0 Å². The lowest BCUT2D eigenvalue weighted by molar-refractivity contribution is -0.159. The third-order valence-electron chi connectivity index (χ3n) is 1.83. The van der Waals surface area contributed by atoms with E-state index in [0.717, 1.165) is 5.56 Å². The summed E-state index contributed by atoms with van der Waals surface area (Å²) in [6, 6.07) is 9.73. The van der Waals surface area contributed by atoms with E-state index in [9.17, 15) is 4.79 Å². The van der Waals surface area contributed by atoms with Crippen molar-refractivity contribution in [1.82, 2.24) is 5.06 Å². The van der Waals surface area contributed by atoms with Gasteiger partial charge in [-0.25, -0.2) is 5.06 Å². The Morgan fingerprint density at radius 1 is 1.38 bits per heavy atom. The lowest BCUT2D eigenvalue weighted by Gasteiger charge is -2.07. The fraction of sp³-hybridized carbons (Fsp3) is 0.300. The number of hydrogen-bond acceptors (Lipinski definition) is 2. The van der Waals surface area contributed by atoms with Gasteiger partial charge in [-0.05, 0) is 12.0 Å². The van der Waals surface area contributed by atoms with Gasteiger partial charge < -0.3 is 0 Å². The first-order valence-corrected chi connectivity index (χ1v) is 4.19. The number of carbonyl (C=O) groups excluding carboxylic acids is 1. The van der Waals surface area contributed by atoms with E-state index in [0.29, 0.717) is 17.9 Å². The first kappa shape index (κ1) is 9.74. The Kier molecular flexibility index (Phi) is 3.46. The van der Waals surface area contributed by atoms with Gasteiger partial charge in [-0.1, -0.05) is 30.3 Å². The van der Waals surface area contributed by atoms with Crippen molar-refractivity contribution in [3.05, 3.63) is 35.9 Å². The molecule has 1 rings (SSSR count). The summed E-state index contributed by atoms with van der Waals surface area (Å²) >= 11 is 0. The maximum atomic E-state index is 11.0. The van der Waals surface area contributed by atoms with Gasteiger partial charge in [0.25, 0.3) is 0 Å². The van der Waals surface area contributed by atoms with Crippen molar-refractivity contribution < 1.29 is 10.0 Å². The van der Waals surface area contributed by atoms with Crippen LogP contribution in [0.1, 0.15) is 12.0 Å². The lowest BCUT2D eigenvalue weighted by Crippen LogP contribution is -2.22. The molecule has 13 heavy (non-hydrogen) atoms. The van der Waals surface area contributed by atoms with Gasteiger partial charge in [0.1, 0.15) is 0 Å². The summed E-state index contributed by atoms with van der Waals surface area (Å²) in [5.74, 6) is -0.260. The van der Waals surface area contributed by atoms with Crippen molar-refractivity contribution in [3.63, 3.8) is 0 Å². The number of amides is 1. The van der Waals surface area contributed by atoms with Crippen LogP contribution in [0.3, 0.4) is 0 Å². The Hall–Kier alpha value is -1.35. The van der Waals surface area contributed by atoms with Crippen LogP contribution in [0, 0.1) is 0 Å². The molecule has 0 heterocycles. The van der Waals surface area contributed by atoms with E-state index in [1.54, 1.807) is 0 Å². The molecule has 0 saturated heterocycles. The van der Waals surface area contributed by atoms with Crippen molar-refractivity contribution >= 4 is 5.91 Å². The zero-order valence-corrected chi connectivity index (χ0v) is 7.60. The molecule has 0 bridgehead atoms. The molecular weight excluding hydrogens is 166 g/mol. The highest BCUT2D eigenvalue weighted by Gasteiger charge is 2.04. The number of rotatable bonds is 3. The summed E-state index contributed by atoms with van der Waals surface area (Å²) in [6.07, 6.45) is 1.02. The van der Waals surface area contributed by atoms with Crippen LogP contribution in [-0.4, -0.2) is 23.2 Å². The highest BCUT2D eigenvalue weighted by Crippen LogP contribution is 2.02. The SMILES string of the molecule is CN(O)C(=O)CCc1ccccc1. The smallest absolute Gasteiger partial charge is 0.245 e. The van der Waals surface area contributed by atoms with Gasteiger partial charge in [-0.15, -0.1) is 0 Å². The van der Waals surface area contributed by atoms with Crippen LogP contribution in [-0.2, 0) is 11.2 Å². The van der Waals surface area contributed by atoms with E-state index in [-0.39, 0.29) is 5.91 Å². The summed E-state index contributed by atoms with van der Waals surface area (Å²) < 4.78 is 0. The highest BCUT2D eigenvalue weighted by molar-refractivity contribution is 5.74. The van der Waals surface area contributed by atoms with E-state index >= 15 is 0 Å². The molecule has 0 atom stereocenters. The lowest BCUT2D eigenvalue weighted by atomic mass is 10.1. The molecule has 0 aliphatic rings. The Bertz CT molecular complexity index is 270. The molecule has 0 saturated carbocycles. The molecule has 1 amide bonds. The van der Waals surface area contributed by atoms with Crippen molar-refractivity contribution in [2.45, 2.75) is 12.8 Å². The van der Waals surface area contributed by atoms with E-state index in [2.05, 4.69) is 0 Å². The second kappa shape index (κ2) is 4.62. The van der Waals surface area contributed by atoms with Crippen molar-refractivity contribution in [3.8, 4) is 0 Å². The molecule has 0 unspecified atom stereocenters. The van der Waals surface area contributed by atoms with Crippen LogP contribution in [0.25, 0.3) is 0 Å². The predicted molar refractivity (Wildman–Crippen MR) is 49.3 cm³/mol. The molecule has 0 fully saturated rings. The van der Waals surface area contributed by atoms with E-state index in [1.807, 2.05) is 30.3 Å². The first-order chi connectivity index (χ1) is 6.20. The number of benzene rings is 1. The van der Waals surface area contributed by atoms with Crippen LogP contribution < -0.4 is 0 Å². The third kappa shape index (κ3) is 3.25. The van der Waals surface area contributed by atoms with Crippen LogP contribution >= 0.6 is 0 Å². The average Bonchev–Trinajstić information content (AvgIpc) is 2.15. The molecule has 0 aliphatic carbocycles. The van der Waals surface area contributed by atoms with E-state index < -0.39 is 0 Å². The maximum Gasteiger partial charge on any atom is 0.245 e. The van der Waals surface area contributed by atoms with Gasteiger partial charge in [0.05, 0.1) is 0 Å². The number of hydrogen-bond donors (Lipinski definition) is 1. The van der Waals surface area contributed by atoms with Gasteiger partial charge >= 0.3 is 0 Å². The summed E-state index contributed by atoms with van der Waals surface area (Å²) in [7, 11) is 1.34. The largest absolute Gasteiger partial charge is 0.286 e. The van der Waals surface area contributed by atoms with Crippen molar-refractivity contribution in [2.75, 3.05) is 7.05 Å². The predicted octanol–water partition coefficient (Wildman–Crippen LogP) is 1.47. The minimum atomic E-state index is -0.260.